The molecule has 1 aliphatic rings. The summed E-state index contributed by atoms with van der Waals surface area (Å²) >= 11 is 3.32. The number of aliphatic hydroxyl groups excluding tert-OH is 1. The van der Waals surface area contributed by atoms with E-state index in [4.69, 9.17) is 5.73 Å². The van der Waals surface area contributed by atoms with Crippen molar-refractivity contribution in [3.05, 3.63) is 28.2 Å². The van der Waals surface area contributed by atoms with Gasteiger partial charge in [0.05, 0.1) is 6.10 Å². The summed E-state index contributed by atoms with van der Waals surface area (Å²) in [5.41, 5.74) is 6.95. The average Bonchev–Trinajstić information content (AvgIpc) is 2.35. The second-order valence-corrected chi connectivity index (χ2v) is 5.68. The Kier molecular flexibility index (Phi) is 3.92. The summed E-state index contributed by atoms with van der Waals surface area (Å²) in [7, 11) is 0. The second-order valence-electron chi connectivity index (χ2n) is 4.82. The number of likely N-dealkylation sites (tertiary alicyclic amines) is 1. The van der Waals surface area contributed by atoms with Gasteiger partial charge in [-0.3, -0.25) is 4.79 Å². The SMILES string of the molecule is CC1CN(C(=O)c2ccc(N)c(Br)c2)CCC1O. The van der Waals surface area contributed by atoms with Crippen LogP contribution < -0.4 is 5.73 Å². The number of carbonyl (C=O) groups excluding carboxylic acids is 1. The van der Waals surface area contributed by atoms with Crippen molar-refractivity contribution in [2.24, 2.45) is 5.92 Å². The van der Waals surface area contributed by atoms with Crippen LogP contribution in [0.25, 0.3) is 0 Å². The highest BCUT2D eigenvalue weighted by Gasteiger charge is 2.27. The topological polar surface area (TPSA) is 66.6 Å². The van der Waals surface area contributed by atoms with Crippen molar-refractivity contribution in [3.8, 4) is 0 Å². The summed E-state index contributed by atoms with van der Waals surface area (Å²) in [6, 6.07) is 5.20. The number of piperidine rings is 1. The van der Waals surface area contributed by atoms with Crippen LogP contribution in [0.5, 0.6) is 0 Å². The lowest BCUT2D eigenvalue weighted by Gasteiger charge is -2.34. The van der Waals surface area contributed by atoms with E-state index < -0.39 is 0 Å². The van der Waals surface area contributed by atoms with Crippen LogP contribution in [0, 0.1) is 5.92 Å². The lowest BCUT2D eigenvalue weighted by Crippen LogP contribution is -2.44. The molecule has 0 radical (unpaired) electrons. The first kappa shape index (κ1) is 13.4. The van der Waals surface area contributed by atoms with Crippen molar-refractivity contribution in [2.75, 3.05) is 18.8 Å². The number of carbonyl (C=O) groups is 1. The number of aliphatic hydroxyl groups is 1. The molecule has 0 bridgehead atoms. The van der Waals surface area contributed by atoms with Gasteiger partial charge in [-0.1, -0.05) is 6.92 Å². The van der Waals surface area contributed by atoms with E-state index in [2.05, 4.69) is 15.9 Å². The fraction of sp³-hybridized carbons (Fsp3) is 0.462. The summed E-state index contributed by atoms with van der Waals surface area (Å²) in [6.45, 7) is 3.16. The summed E-state index contributed by atoms with van der Waals surface area (Å²) < 4.78 is 0.735. The number of nitrogens with two attached hydrogens (primary N) is 1. The second kappa shape index (κ2) is 5.28. The molecule has 0 aromatic heterocycles. The molecule has 2 unspecified atom stereocenters. The van der Waals surface area contributed by atoms with Gasteiger partial charge in [-0.25, -0.2) is 0 Å². The van der Waals surface area contributed by atoms with Crippen LogP contribution >= 0.6 is 15.9 Å². The summed E-state index contributed by atoms with van der Waals surface area (Å²) in [4.78, 5) is 14.1. The molecular formula is C13H17BrN2O2. The molecule has 1 aliphatic heterocycles. The van der Waals surface area contributed by atoms with E-state index in [9.17, 15) is 9.90 Å². The molecule has 0 spiro atoms. The number of anilines is 1. The summed E-state index contributed by atoms with van der Waals surface area (Å²) in [6.07, 6.45) is 0.343. The molecule has 1 aromatic carbocycles. The smallest absolute Gasteiger partial charge is 0.253 e. The first-order chi connectivity index (χ1) is 8.49. The Morgan fingerprint density at radius 1 is 1.56 bits per heavy atom. The maximum Gasteiger partial charge on any atom is 0.253 e. The number of hydrogen-bond donors (Lipinski definition) is 2. The number of amides is 1. The number of benzene rings is 1. The molecule has 98 valence electrons. The Morgan fingerprint density at radius 3 is 2.89 bits per heavy atom. The lowest BCUT2D eigenvalue weighted by atomic mass is 9.96. The highest BCUT2D eigenvalue weighted by molar-refractivity contribution is 9.10. The van der Waals surface area contributed by atoms with Gasteiger partial charge in [0, 0.05) is 28.8 Å². The Bertz CT molecular complexity index is 464. The van der Waals surface area contributed by atoms with E-state index >= 15 is 0 Å². The van der Waals surface area contributed by atoms with Gasteiger partial charge < -0.3 is 15.7 Å². The number of nitrogens with zero attached hydrogens (tertiary/aromatic N) is 1. The number of rotatable bonds is 1. The van der Waals surface area contributed by atoms with Gasteiger partial charge in [0.2, 0.25) is 0 Å². The van der Waals surface area contributed by atoms with Crippen LogP contribution in [0.1, 0.15) is 23.7 Å². The maximum absolute atomic E-state index is 12.3. The van der Waals surface area contributed by atoms with E-state index in [0.717, 1.165) is 4.47 Å². The zero-order valence-electron chi connectivity index (χ0n) is 10.3. The zero-order chi connectivity index (χ0) is 13.3. The Hall–Kier alpha value is -1.07. The van der Waals surface area contributed by atoms with Crippen LogP contribution in [-0.2, 0) is 0 Å². The maximum atomic E-state index is 12.3. The molecule has 1 aromatic rings. The largest absolute Gasteiger partial charge is 0.398 e. The number of halogens is 1. The van der Waals surface area contributed by atoms with Crippen molar-refractivity contribution in [3.63, 3.8) is 0 Å². The molecule has 1 fully saturated rings. The van der Waals surface area contributed by atoms with E-state index in [-0.39, 0.29) is 17.9 Å². The van der Waals surface area contributed by atoms with Crippen molar-refractivity contribution in [1.29, 1.82) is 0 Å². The predicted octanol–water partition coefficient (Wildman–Crippen LogP) is 1.87. The van der Waals surface area contributed by atoms with Crippen LogP contribution in [0.3, 0.4) is 0 Å². The van der Waals surface area contributed by atoms with E-state index in [1.807, 2.05) is 6.92 Å². The van der Waals surface area contributed by atoms with Crippen molar-refractivity contribution >= 4 is 27.5 Å². The number of nitrogen functional groups attached to an aromatic ring is 1. The third-order valence-electron chi connectivity index (χ3n) is 3.39. The first-order valence-corrected chi connectivity index (χ1v) is 6.80. The Labute approximate surface area is 115 Å². The van der Waals surface area contributed by atoms with Crippen molar-refractivity contribution in [1.82, 2.24) is 4.90 Å². The van der Waals surface area contributed by atoms with Gasteiger partial charge in [0.15, 0.2) is 0 Å². The Balaban J connectivity index is 2.14. The van der Waals surface area contributed by atoms with Crippen LogP contribution in [0.2, 0.25) is 0 Å². The molecule has 1 amide bonds. The van der Waals surface area contributed by atoms with Crippen LogP contribution in [-0.4, -0.2) is 35.1 Å². The standard InChI is InChI=1S/C13H17BrN2O2/c1-8-7-16(5-4-12(8)17)13(18)9-2-3-11(15)10(14)6-9/h2-3,6,8,12,17H,4-5,7,15H2,1H3. The summed E-state index contributed by atoms with van der Waals surface area (Å²) in [5, 5.41) is 9.67. The number of hydrogen-bond acceptors (Lipinski definition) is 3. The molecule has 2 rings (SSSR count). The fourth-order valence-electron chi connectivity index (χ4n) is 2.16. The molecule has 2 atom stereocenters. The van der Waals surface area contributed by atoms with Gasteiger partial charge >= 0.3 is 0 Å². The van der Waals surface area contributed by atoms with Crippen molar-refractivity contribution in [2.45, 2.75) is 19.4 Å². The third kappa shape index (κ3) is 2.67. The predicted molar refractivity (Wildman–Crippen MR) is 74.2 cm³/mol. The van der Waals surface area contributed by atoms with Gasteiger partial charge in [0.25, 0.3) is 5.91 Å². The van der Waals surface area contributed by atoms with Gasteiger partial charge in [-0.05, 0) is 46.5 Å². The monoisotopic (exact) mass is 312 g/mol. The molecule has 0 aliphatic carbocycles. The normalized spacial score (nSPS) is 24.1. The van der Waals surface area contributed by atoms with Gasteiger partial charge in [-0.2, -0.15) is 0 Å². The molecule has 4 nitrogen and oxygen atoms in total. The quantitative estimate of drug-likeness (QED) is 0.778. The van der Waals surface area contributed by atoms with E-state index in [0.29, 0.717) is 30.8 Å². The van der Waals surface area contributed by atoms with Crippen LogP contribution in [0.15, 0.2) is 22.7 Å². The minimum absolute atomic E-state index is 0.00514. The van der Waals surface area contributed by atoms with E-state index in [1.165, 1.54) is 0 Å². The molecule has 5 heteroatoms. The first-order valence-electron chi connectivity index (χ1n) is 6.01. The molecule has 3 N–H and O–H groups in total. The minimum Gasteiger partial charge on any atom is -0.398 e. The molecule has 1 saturated heterocycles. The molecular weight excluding hydrogens is 296 g/mol. The highest BCUT2D eigenvalue weighted by atomic mass is 79.9. The van der Waals surface area contributed by atoms with Gasteiger partial charge in [-0.15, -0.1) is 0 Å². The highest BCUT2D eigenvalue weighted by Crippen LogP contribution is 2.23. The third-order valence-corrected chi connectivity index (χ3v) is 4.08. The zero-order valence-corrected chi connectivity index (χ0v) is 11.9. The Morgan fingerprint density at radius 2 is 2.28 bits per heavy atom. The van der Waals surface area contributed by atoms with Crippen LogP contribution in [0.4, 0.5) is 5.69 Å². The fourth-order valence-corrected chi connectivity index (χ4v) is 2.54. The minimum atomic E-state index is -0.299. The summed E-state index contributed by atoms with van der Waals surface area (Å²) in [5.74, 6) is 0.120. The van der Waals surface area contributed by atoms with E-state index in [1.54, 1.807) is 23.1 Å². The molecule has 1 heterocycles. The average molecular weight is 313 g/mol. The van der Waals surface area contributed by atoms with Crippen molar-refractivity contribution < 1.29 is 9.90 Å². The van der Waals surface area contributed by atoms with Gasteiger partial charge in [0.1, 0.15) is 0 Å². The molecule has 0 saturated carbocycles. The lowest BCUT2D eigenvalue weighted by molar-refractivity contribution is 0.0297. The molecule has 18 heavy (non-hydrogen) atoms.